The van der Waals surface area contributed by atoms with Gasteiger partial charge in [0.05, 0.1) is 17.2 Å². The topological polar surface area (TPSA) is 96.6 Å². The molecule has 0 atom stereocenters. The number of hydrazone groups is 1. The van der Waals surface area contributed by atoms with E-state index in [9.17, 15) is 4.79 Å². The highest BCUT2D eigenvalue weighted by molar-refractivity contribution is 8.26. The third-order valence-electron chi connectivity index (χ3n) is 5.82. The van der Waals surface area contributed by atoms with Crippen LogP contribution in [0.5, 0.6) is 17.2 Å². The van der Waals surface area contributed by atoms with E-state index in [1.807, 2.05) is 26.8 Å². The molecular formula is C28H31ClN4O4S. The molecule has 8 nitrogen and oxygen atoms in total. The Kier molecular flexibility index (Phi) is 8.79. The van der Waals surface area contributed by atoms with Crippen LogP contribution in [0, 0.1) is 12.3 Å². The van der Waals surface area contributed by atoms with Crippen LogP contribution in [0.15, 0.2) is 46.0 Å². The molecule has 0 aliphatic carbocycles. The van der Waals surface area contributed by atoms with Gasteiger partial charge in [0.1, 0.15) is 24.0 Å². The van der Waals surface area contributed by atoms with Gasteiger partial charge in [-0.25, -0.2) is 0 Å². The molecule has 1 N–H and O–H groups in total. The Morgan fingerprint density at radius 2 is 1.87 bits per heavy atom. The fraction of sp³-hybridized carbons (Fsp3) is 0.357. The second kappa shape index (κ2) is 12.0. The maximum Gasteiger partial charge on any atom is 0.283 e. The summed E-state index contributed by atoms with van der Waals surface area (Å²) < 4.78 is 17.8. The van der Waals surface area contributed by atoms with Crippen LogP contribution in [-0.4, -0.2) is 46.8 Å². The lowest BCUT2D eigenvalue weighted by molar-refractivity contribution is -0.114. The molecule has 0 saturated carbocycles. The monoisotopic (exact) mass is 554 g/mol. The van der Waals surface area contributed by atoms with Crippen LogP contribution in [0.2, 0.25) is 5.02 Å². The molecule has 0 bridgehead atoms. The zero-order chi connectivity index (χ0) is 27.4. The Morgan fingerprint density at radius 3 is 2.58 bits per heavy atom. The molecule has 4 rings (SSSR count). The summed E-state index contributed by atoms with van der Waals surface area (Å²) in [6.07, 6.45) is 2.27. The van der Waals surface area contributed by atoms with Gasteiger partial charge >= 0.3 is 0 Å². The van der Waals surface area contributed by atoms with Gasteiger partial charge in [-0.15, -0.1) is 0 Å². The number of amidine groups is 2. The van der Waals surface area contributed by atoms with E-state index in [1.54, 1.807) is 18.2 Å². The number of rotatable bonds is 10. The van der Waals surface area contributed by atoms with E-state index in [0.717, 1.165) is 21.9 Å². The Labute approximate surface area is 232 Å². The van der Waals surface area contributed by atoms with Crippen molar-refractivity contribution in [1.29, 1.82) is 5.41 Å². The summed E-state index contributed by atoms with van der Waals surface area (Å²) in [6.45, 7) is 11.1. The third kappa shape index (κ3) is 6.05. The highest BCUT2D eigenvalue weighted by atomic mass is 35.5. The molecular weight excluding hydrogens is 524 g/mol. The minimum atomic E-state index is -0.496. The van der Waals surface area contributed by atoms with E-state index in [0.29, 0.717) is 52.8 Å². The molecule has 0 saturated heterocycles. The van der Waals surface area contributed by atoms with Gasteiger partial charge in [-0.05, 0) is 78.9 Å². The number of nitrogens with zero attached hydrogens (tertiary/aromatic N) is 3. The minimum absolute atomic E-state index is 0.0283. The molecule has 0 fully saturated rings. The summed E-state index contributed by atoms with van der Waals surface area (Å²) in [5.41, 5.74) is 2.98. The van der Waals surface area contributed by atoms with Gasteiger partial charge in [-0.1, -0.05) is 44.5 Å². The van der Waals surface area contributed by atoms with E-state index >= 15 is 0 Å². The van der Waals surface area contributed by atoms with Crippen molar-refractivity contribution in [2.45, 2.75) is 47.0 Å². The highest BCUT2D eigenvalue weighted by Gasteiger charge is 2.35. The molecule has 2 aliphatic rings. The quantitative estimate of drug-likeness (QED) is 0.260. The van der Waals surface area contributed by atoms with Gasteiger partial charge in [0.2, 0.25) is 5.17 Å². The molecule has 0 unspecified atom stereocenters. The summed E-state index contributed by atoms with van der Waals surface area (Å²) in [4.78, 5) is 16.8. The van der Waals surface area contributed by atoms with Gasteiger partial charge in [0.15, 0.2) is 17.3 Å². The number of carbonyl (C=O) groups is 1. The van der Waals surface area contributed by atoms with Crippen LogP contribution < -0.4 is 14.2 Å². The van der Waals surface area contributed by atoms with Crippen LogP contribution >= 0.6 is 23.4 Å². The van der Waals surface area contributed by atoms with Crippen LogP contribution in [-0.2, 0) is 4.79 Å². The Balaban J connectivity index is 1.51. The van der Waals surface area contributed by atoms with Crippen LogP contribution in [0.4, 0.5) is 0 Å². The SMILES string of the molecule is CCOc1cc(C=C2C(=N)N3N=C(CC)SC3=NC2=O)cc(Cl)c1OCCOc1cc(C)ccc1C(C)C. The van der Waals surface area contributed by atoms with Crippen molar-refractivity contribution in [2.75, 3.05) is 19.8 Å². The van der Waals surface area contributed by atoms with Crippen molar-refractivity contribution in [3.8, 4) is 17.2 Å². The first-order chi connectivity index (χ1) is 18.2. The average molecular weight is 555 g/mol. The van der Waals surface area contributed by atoms with E-state index in [1.165, 1.54) is 16.8 Å². The highest BCUT2D eigenvalue weighted by Crippen LogP contribution is 2.38. The van der Waals surface area contributed by atoms with Gasteiger partial charge in [-0.2, -0.15) is 15.1 Å². The maximum absolute atomic E-state index is 12.7. The molecule has 10 heteroatoms. The number of aryl methyl sites for hydroxylation is 1. The van der Waals surface area contributed by atoms with Gasteiger partial charge in [-0.3, -0.25) is 10.2 Å². The number of carbonyl (C=O) groups excluding carboxylic acids is 1. The molecule has 2 aromatic rings. The van der Waals surface area contributed by atoms with Gasteiger partial charge in [0, 0.05) is 0 Å². The minimum Gasteiger partial charge on any atom is -0.490 e. The molecule has 2 heterocycles. The normalized spacial score (nSPS) is 16.1. The molecule has 2 aliphatic heterocycles. The second-order valence-corrected chi connectivity index (χ2v) is 10.5. The third-order valence-corrected chi connectivity index (χ3v) is 7.15. The van der Waals surface area contributed by atoms with E-state index in [-0.39, 0.29) is 18.0 Å². The average Bonchev–Trinajstić information content (AvgIpc) is 3.29. The molecule has 0 spiro atoms. The van der Waals surface area contributed by atoms with E-state index < -0.39 is 5.91 Å². The number of fused-ring (bicyclic) bond motifs is 1. The van der Waals surface area contributed by atoms with E-state index in [2.05, 4.69) is 36.1 Å². The van der Waals surface area contributed by atoms with Crippen molar-refractivity contribution >= 4 is 51.4 Å². The molecule has 2 aromatic carbocycles. The number of thioether (sulfide) groups is 1. The number of nitrogens with one attached hydrogen (secondary N) is 1. The summed E-state index contributed by atoms with van der Waals surface area (Å²) in [6, 6.07) is 9.60. The fourth-order valence-corrected chi connectivity index (χ4v) is 5.05. The predicted octanol–water partition coefficient (Wildman–Crippen LogP) is 6.66. The number of benzene rings is 2. The largest absolute Gasteiger partial charge is 0.490 e. The van der Waals surface area contributed by atoms with E-state index in [4.69, 9.17) is 31.2 Å². The van der Waals surface area contributed by atoms with Crippen molar-refractivity contribution in [2.24, 2.45) is 10.1 Å². The van der Waals surface area contributed by atoms with Crippen molar-refractivity contribution in [3.05, 3.63) is 57.6 Å². The van der Waals surface area contributed by atoms with Crippen molar-refractivity contribution < 1.29 is 19.0 Å². The van der Waals surface area contributed by atoms with Crippen LogP contribution in [0.1, 0.15) is 56.7 Å². The van der Waals surface area contributed by atoms with Crippen LogP contribution in [0.3, 0.4) is 0 Å². The summed E-state index contributed by atoms with van der Waals surface area (Å²) >= 11 is 7.90. The number of amides is 1. The first-order valence-electron chi connectivity index (χ1n) is 12.5. The Bertz CT molecular complexity index is 1350. The first-order valence-corrected chi connectivity index (χ1v) is 13.7. The number of ether oxygens (including phenoxy) is 3. The maximum atomic E-state index is 12.7. The number of hydrogen-bond donors (Lipinski definition) is 1. The zero-order valence-corrected chi connectivity index (χ0v) is 23.7. The van der Waals surface area contributed by atoms with Crippen LogP contribution in [0.25, 0.3) is 6.08 Å². The lowest BCUT2D eigenvalue weighted by atomic mass is 10.0. The molecule has 0 radical (unpaired) electrons. The van der Waals surface area contributed by atoms with Gasteiger partial charge in [0.25, 0.3) is 5.91 Å². The first kappa shape index (κ1) is 27.7. The summed E-state index contributed by atoms with van der Waals surface area (Å²) in [7, 11) is 0. The molecule has 1 amide bonds. The molecule has 38 heavy (non-hydrogen) atoms. The van der Waals surface area contributed by atoms with Crippen molar-refractivity contribution in [3.63, 3.8) is 0 Å². The second-order valence-electron chi connectivity index (χ2n) is 9.02. The lowest BCUT2D eigenvalue weighted by Crippen LogP contribution is -2.35. The summed E-state index contributed by atoms with van der Waals surface area (Å²) in [5.74, 6) is 1.49. The van der Waals surface area contributed by atoms with Gasteiger partial charge < -0.3 is 14.2 Å². The summed E-state index contributed by atoms with van der Waals surface area (Å²) in [5, 5.41) is 15.8. The molecule has 200 valence electrons. The molecule has 0 aromatic heterocycles. The number of halogens is 1. The fourth-order valence-electron chi connectivity index (χ4n) is 3.95. The Morgan fingerprint density at radius 1 is 1.11 bits per heavy atom. The zero-order valence-electron chi connectivity index (χ0n) is 22.1. The number of hydrogen-bond acceptors (Lipinski definition) is 7. The smallest absolute Gasteiger partial charge is 0.283 e. The lowest BCUT2D eigenvalue weighted by Gasteiger charge is -2.20. The number of aliphatic imine (C=N–C) groups is 1. The predicted molar refractivity (Wildman–Crippen MR) is 154 cm³/mol. The Hall–Kier alpha value is -3.30. The van der Waals surface area contributed by atoms with Crippen molar-refractivity contribution in [1.82, 2.24) is 5.01 Å². The standard InChI is InChI=1S/C28H31ClN4O4S/c1-6-24-32-33-26(30)20(27(34)31-28(33)38-24)13-18-14-21(29)25(23(15-18)35-7-2)37-11-10-36-22-12-17(5)8-9-19(22)16(3)4/h8-9,12-16,30H,6-7,10-11H2,1-5H3.